The van der Waals surface area contributed by atoms with Gasteiger partial charge in [0.1, 0.15) is 11.6 Å². The van der Waals surface area contributed by atoms with E-state index in [9.17, 15) is 8.78 Å². The van der Waals surface area contributed by atoms with Gasteiger partial charge in [-0.05, 0) is 0 Å². The number of halogens is 2. The molecule has 1 heterocycles. The van der Waals surface area contributed by atoms with Gasteiger partial charge in [-0.3, -0.25) is 0 Å². The number of pyridine rings is 1. The van der Waals surface area contributed by atoms with Gasteiger partial charge in [0, 0.05) is 0 Å². The first-order chi connectivity index (χ1) is 6.61. The van der Waals surface area contributed by atoms with Gasteiger partial charge < -0.3 is 10.5 Å². The maximum atomic E-state index is 12.5. The number of anilines is 1. The smallest absolute Gasteiger partial charge is 0.267 e. The molecule has 0 atom stereocenters. The summed E-state index contributed by atoms with van der Waals surface area (Å²) < 4.78 is 29.6. The first-order valence-corrected chi connectivity index (χ1v) is 3.62. The Kier molecular flexibility index (Phi) is 2.82. The number of hydrogen-bond donors (Lipinski definition) is 1. The fourth-order valence-electron chi connectivity index (χ4n) is 1.02. The third-order valence-corrected chi connectivity index (χ3v) is 1.64. The molecule has 0 aromatic carbocycles. The second-order valence-electron chi connectivity index (χ2n) is 2.42. The highest BCUT2D eigenvalue weighted by atomic mass is 19.3. The summed E-state index contributed by atoms with van der Waals surface area (Å²) in [4.78, 5) is 3.61. The second kappa shape index (κ2) is 3.87. The number of nitrogens with zero attached hydrogens (tertiary/aromatic N) is 2. The lowest BCUT2D eigenvalue weighted by Crippen LogP contribution is -2.03. The van der Waals surface area contributed by atoms with E-state index in [1.807, 2.05) is 0 Å². The molecule has 1 aromatic rings. The molecule has 1 rings (SSSR count). The number of methoxy groups -OCH3 is 1. The van der Waals surface area contributed by atoms with Gasteiger partial charge in [-0.1, -0.05) is 0 Å². The molecule has 0 bridgehead atoms. The molecule has 14 heavy (non-hydrogen) atoms. The number of ether oxygens (including phenoxy) is 1. The third kappa shape index (κ3) is 1.57. The quantitative estimate of drug-likeness (QED) is 0.782. The SMILES string of the molecule is COc1ncc(N)c(C(F)F)c1C#N. The summed E-state index contributed by atoms with van der Waals surface area (Å²) >= 11 is 0. The Morgan fingerprint density at radius 3 is 2.71 bits per heavy atom. The predicted octanol–water partition coefficient (Wildman–Crippen LogP) is 1.48. The van der Waals surface area contributed by atoms with Crippen LogP contribution < -0.4 is 10.5 Å². The molecule has 2 N–H and O–H groups in total. The van der Waals surface area contributed by atoms with Crippen molar-refractivity contribution < 1.29 is 13.5 Å². The van der Waals surface area contributed by atoms with Gasteiger partial charge in [-0.15, -0.1) is 0 Å². The number of rotatable bonds is 2. The fraction of sp³-hybridized carbons (Fsp3) is 0.250. The molecule has 74 valence electrons. The van der Waals surface area contributed by atoms with E-state index in [-0.39, 0.29) is 17.1 Å². The van der Waals surface area contributed by atoms with Crippen molar-refractivity contribution in [2.45, 2.75) is 6.43 Å². The summed E-state index contributed by atoms with van der Waals surface area (Å²) in [7, 11) is 1.24. The van der Waals surface area contributed by atoms with Crippen LogP contribution in [-0.4, -0.2) is 12.1 Å². The number of aromatic nitrogens is 1. The van der Waals surface area contributed by atoms with Gasteiger partial charge in [-0.2, -0.15) is 5.26 Å². The van der Waals surface area contributed by atoms with Crippen LogP contribution >= 0.6 is 0 Å². The Bertz CT molecular complexity index is 387. The highest BCUT2D eigenvalue weighted by Gasteiger charge is 2.21. The van der Waals surface area contributed by atoms with Crippen molar-refractivity contribution in [2.24, 2.45) is 0 Å². The first kappa shape index (κ1) is 10.2. The zero-order valence-electron chi connectivity index (χ0n) is 7.29. The van der Waals surface area contributed by atoms with E-state index in [4.69, 9.17) is 11.0 Å². The molecule has 0 aliphatic rings. The van der Waals surface area contributed by atoms with Crippen molar-refractivity contribution >= 4 is 5.69 Å². The van der Waals surface area contributed by atoms with Crippen LogP contribution in [0.2, 0.25) is 0 Å². The van der Waals surface area contributed by atoms with E-state index in [2.05, 4.69) is 9.72 Å². The van der Waals surface area contributed by atoms with Gasteiger partial charge in [-0.25, -0.2) is 13.8 Å². The molecule has 0 saturated heterocycles. The van der Waals surface area contributed by atoms with Crippen molar-refractivity contribution in [3.05, 3.63) is 17.3 Å². The topological polar surface area (TPSA) is 71.9 Å². The Morgan fingerprint density at radius 1 is 1.64 bits per heavy atom. The maximum Gasteiger partial charge on any atom is 0.267 e. The molecule has 0 saturated carbocycles. The van der Waals surface area contributed by atoms with E-state index >= 15 is 0 Å². The van der Waals surface area contributed by atoms with Gasteiger partial charge in [0.15, 0.2) is 0 Å². The lowest BCUT2D eigenvalue weighted by Gasteiger charge is -2.08. The number of hydrogen-bond acceptors (Lipinski definition) is 4. The zero-order chi connectivity index (χ0) is 10.7. The van der Waals surface area contributed by atoms with Gasteiger partial charge >= 0.3 is 0 Å². The highest BCUT2D eigenvalue weighted by Crippen LogP contribution is 2.31. The Balaban J connectivity index is 3.45. The maximum absolute atomic E-state index is 12.5. The third-order valence-electron chi connectivity index (χ3n) is 1.64. The van der Waals surface area contributed by atoms with E-state index in [1.54, 1.807) is 6.07 Å². The Morgan fingerprint density at radius 2 is 2.29 bits per heavy atom. The van der Waals surface area contributed by atoms with E-state index < -0.39 is 12.0 Å². The summed E-state index contributed by atoms with van der Waals surface area (Å²) in [6, 6.07) is 1.59. The molecule has 0 spiro atoms. The minimum Gasteiger partial charge on any atom is -0.480 e. The number of nitrogen functional groups attached to an aromatic ring is 1. The summed E-state index contributed by atoms with van der Waals surface area (Å²) in [5.74, 6) is -0.142. The highest BCUT2D eigenvalue weighted by molar-refractivity contribution is 5.58. The average Bonchev–Trinajstić information content (AvgIpc) is 2.16. The summed E-state index contributed by atoms with van der Waals surface area (Å²) in [5.41, 5.74) is 4.22. The number of alkyl halides is 2. The molecule has 0 amide bonds. The van der Waals surface area contributed by atoms with Crippen molar-refractivity contribution in [2.75, 3.05) is 12.8 Å². The minimum absolute atomic E-state index is 0.142. The van der Waals surface area contributed by atoms with Crippen LogP contribution in [0.15, 0.2) is 6.20 Å². The monoisotopic (exact) mass is 199 g/mol. The predicted molar refractivity (Wildman–Crippen MR) is 44.9 cm³/mol. The lowest BCUT2D eigenvalue weighted by atomic mass is 10.1. The lowest BCUT2D eigenvalue weighted by molar-refractivity contribution is 0.151. The average molecular weight is 199 g/mol. The van der Waals surface area contributed by atoms with E-state index in [0.717, 1.165) is 6.20 Å². The van der Waals surface area contributed by atoms with Crippen LogP contribution in [0.3, 0.4) is 0 Å². The Labute approximate surface area is 78.9 Å². The van der Waals surface area contributed by atoms with Gasteiger partial charge in [0.05, 0.1) is 24.6 Å². The van der Waals surface area contributed by atoms with Crippen molar-refractivity contribution in [1.82, 2.24) is 4.98 Å². The molecule has 0 aliphatic carbocycles. The fourth-order valence-corrected chi connectivity index (χ4v) is 1.02. The molecular weight excluding hydrogens is 192 g/mol. The van der Waals surface area contributed by atoms with Gasteiger partial charge in [0.2, 0.25) is 5.88 Å². The molecule has 4 nitrogen and oxygen atoms in total. The van der Waals surface area contributed by atoms with Crippen molar-refractivity contribution in [3.8, 4) is 11.9 Å². The summed E-state index contributed by atoms with van der Waals surface area (Å²) in [6.45, 7) is 0. The normalized spacial score (nSPS) is 9.93. The summed E-state index contributed by atoms with van der Waals surface area (Å²) in [5, 5.41) is 8.64. The zero-order valence-corrected chi connectivity index (χ0v) is 7.29. The van der Waals surface area contributed by atoms with Crippen LogP contribution in [0.4, 0.5) is 14.5 Å². The van der Waals surface area contributed by atoms with Gasteiger partial charge in [0.25, 0.3) is 6.43 Å². The molecule has 1 aromatic heterocycles. The Hall–Kier alpha value is -1.90. The molecule has 0 fully saturated rings. The van der Waals surface area contributed by atoms with Crippen molar-refractivity contribution in [3.63, 3.8) is 0 Å². The second-order valence-corrected chi connectivity index (χ2v) is 2.42. The largest absolute Gasteiger partial charge is 0.480 e. The molecule has 0 unspecified atom stereocenters. The number of nitrogens with two attached hydrogens (primary N) is 1. The first-order valence-electron chi connectivity index (χ1n) is 3.62. The van der Waals surface area contributed by atoms with Crippen molar-refractivity contribution in [1.29, 1.82) is 5.26 Å². The van der Waals surface area contributed by atoms with Crippen LogP contribution in [0.5, 0.6) is 5.88 Å². The molecule has 0 radical (unpaired) electrons. The summed E-state index contributed by atoms with van der Waals surface area (Å²) in [6.07, 6.45) is -1.78. The molecule has 0 aliphatic heterocycles. The number of nitriles is 1. The van der Waals surface area contributed by atoms with Crippen LogP contribution in [0.25, 0.3) is 0 Å². The van der Waals surface area contributed by atoms with Crippen LogP contribution in [0.1, 0.15) is 17.6 Å². The molecular formula is C8H7F2N3O. The van der Waals surface area contributed by atoms with E-state index in [0.29, 0.717) is 0 Å². The standard InChI is InChI=1S/C8H7F2N3O/c1-14-8-4(2-11)6(7(9)10)5(12)3-13-8/h3,7H,12H2,1H3. The molecule has 6 heteroatoms. The van der Waals surface area contributed by atoms with Crippen LogP contribution in [0, 0.1) is 11.3 Å². The van der Waals surface area contributed by atoms with E-state index in [1.165, 1.54) is 7.11 Å². The van der Waals surface area contributed by atoms with Crippen LogP contribution in [-0.2, 0) is 0 Å². The minimum atomic E-state index is -2.82.